The van der Waals surface area contributed by atoms with Crippen LogP contribution in [0.3, 0.4) is 0 Å². The molecule has 0 spiro atoms. The second-order valence-electron chi connectivity index (χ2n) is 5.88. The van der Waals surface area contributed by atoms with Gasteiger partial charge in [0, 0.05) is 19.5 Å². The fourth-order valence-corrected chi connectivity index (χ4v) is 2.64. The molecule has 5 nitrogen and oxygen atoms in total. The van der Waals surface area contributed by atoms with E-state index in [-0.39, 0.29) is 6.03 Å². The summed E-state index contributed by atoms with van der Waals surface area (Å²) in [5, 5.41) is 2.81. The van der Waals surface area contributed by atoms with Gasteiger partial charge in [-0.05, 0) is 24.3 Å². The summed E-state index contributed by atoms with van der Waals surface area (Å²) in [5.74, 6) is 0.243. The Morgan fingerprint density at radius 2 is 1.91 bits per heavy atom. The summed E-state index contributed by atoms with van der Waals surface area (Å²) in [7, 11) is 1.34. The Kier molecular flexibility index (Phi) is 5.81. The van der Waals surface area contributed by atoms with Gasteiger partial charge in [0.1, 0.15) is 6.04 Å². The molecular weight excluding hydrogens is 280 g/mol. The zero-order chi connectivity index (χ0) is 15.9. The van der Waals surface area contributed by atoms with Crippen molar-refractivity contribution in [3.8, 4) is 0 Å². The third-order valence-corrected chi connectivity index (χ3v) is 4.14. The van der Waals surface area contributed by atoms with Crippen LogP contribution in [0, 0.1) is 5.92 Å². The van der Waals surface area contributed by atoms with Crippen LogP contribution in [-0.4, -0.2) is 43.1 Å². The lowest BCUT2D eigenvalue weighted by Gasteiger charge is -2.31. The van der Waals surface area contributed by atoms with Crippen molar-refractivity contribution in [2.24, 2.45) is 5.92 Å². The maximum atomic E-state index is 12.3. The van der Waals surface area contributed by atoms with Crippen LogP contribution in [0.5, 0.6) is 0 Å². The smallest absolute Gasteiger partial charge is 0.328 e. The second-order valence-corrected chi connectivity index (χ2v) is 5.88. The minimum Gasteiger partial charge on any atom is -0.467 e. The third kappa shape index (κ3) is 4.48. The van der Waals surface area contributed by atoms with Gasteiger partial charge in [-0.1, -0.05) is 37.3 Å². The van der Waals surface area contributed by atoms with Crippen molar-refractivity contribution in [3.63, 3.8) is 0 Å². The average Bonchev–Trinajstić information content (AvgIpc) is 2.55. The fraction of sp³-hybridized carbons (Fsp3) is 0.529. The predicted octanol–water partition coefficient (Wildman–Crippen LogP) is 2.21. The first-order valence-electron chi connectivity index (χ1n) is 7.77. The Hall–Kier alpha value is -2.04. The quantitative estimate of drug-likeness (QED) is 0.868. The monoisotopic (exact) mass is 304 g/mol. The molecule has 1 fully saturated rings. The third-order valence-electron chi connectivity index (χ3n) is 4.14. The molecule has 1 aliphatic heterocycles. The molecular formula is C17H24N2O3. The number of rotatable bonds is 4. The molecule has 1 aromatic carbocycles. The van der Waals surface area contributed by atoms with E-state index in [1.807, 2.05) is 30.3 Å². The van der Waals surface area contributed by atoms with Crippen LogP contribution in [0.1, 0.15) is 25.3 Å². The number of nitrogens with zero attached hydrogens (tertiary/aromatic N) is 1. The summed E-state index contributed by atoms with van der Waals surface area (Å²) >= 11 is 0. The topological polar surface area (TPSA) is 58.6 Å². The van der Waals surface area contributed by atoms with E-state index < -0.39 is 12.0 Å². The molecule has 0 aliphatic carbocycles. The Morgan fingerprint density at radius 1 is 1.27 bits per heavy atom. The summed E-state index contributed by atoms with van der Waals surface area (Å²) in [6.45, 7) is 3.68. The fourth-order valence-electron chi connectivity index (χ4n) is 2.64. The minimum atomic E-state index is -0.653. The lowest BCUT2D eigenvalue weighted by Crippen LogP contribution is -2.51. The Morgan fingerprint density at radius 3 is 2.50 bits per heavy atom. The molecule has 1 N–H and O–H groups in total. The number of hydrogen-bond donors (Lipinski definition) is 1. The van der Waals surface area contributed by atoms with Gasteiger partial charge in [0.15, 0.2) is 0 Å². The van der Waals surface area contributed by atoms with Gasteiger partial charge in [-0.3, -0.25) is 0 Å². The highest BCUT2D eigenvalue weighted by Gasteiger charge is 2.26. The van der Waals surface area contributed by atoms with Crippen LogP contribution in [0.4, 0.5) is 4.79 Å². The van der Waals surface area contributed by atoms with Crippen LogP contribution in [0.2, 0.25) is 0 Å². The SMILES string of the molecule is COC(=O)[C@@H](Cc1ccccc1)NC(=O)N1CCC(C)CC1. The zero-order valence-electron chi connectivity index (χ0n) is 13.2. The van der Waals surface area contributed by atoms with Gasteiger partial charge in [0.05, 0.1) is 7.11 Å². The van der Waals surface area contributed by atoms with Crippen LogP contribution in [0.25, 0.3) is 0 Å². The standard InChI is InChI=1S/C17H24N2O3/c1-13-8-10-19(11-9-13)17(21)18-15(16(20)22-2)12-14-6-4-3-5-7-14/h3-7,13,15H,8-12H2,1-2H3,(H,18,21)/t15-/m1/s1. The van der Waals surface area contributed by atoms with Crippen molar-refractivity contribution in [1.29, 1.82) is 0 Å². The lowest BCUT2D eigenvalue weighted by atomic mass is 9.99. The number of likely N-dealkylation sites (tertiary alicyclic amines) is 1. The molecule has 1 heterocycles. The summed E-state index contributed by atoms with van der Waals surface area (Å²) < 4.78 is 4.82. The predicted molar refractivity (Wildman–Crippen MR) is 84.5 cm³/mol. The first-order valence-corrected chi connectivity index (χ1v) is 7.77. The number of ether oxygens (including phenoxy) is 1. The first kappa shape index (κ1) is 16.3. The van der Waals surface area contributed by atoms with Crippen LogP contribution < -0.4 is 5.32 Å². The van der Waals surface area contributed by atoms with E-state index >= 15 is 0 Å². The maximum absolute atomic E-state index is 12.3. The molecule has 1 atom stereocenters. The van der Waals surface area contributed by atoms with Gasteiger partial charge in [0.25, 0.3) is 0 Å². The van der Waals surface area contributed by atoms with Gasteiger partial charge in [-0.2, -0.15) is 0 Å². The van der Waals surface area contributed by atoms with Crippen molar-refractivity contribution in [2.75, 3.05) is 20.2 Å². The van der Waals surface area contributed by atoms with Crippen LogP contribution in [0.15, 0.2) is 30.3 Å². The molecule has 0 radical (unpaired) electrons. The lowest BCUT2D eigenvalue weighted by molar-refractivity contribution is -0.142. The van der Waals surface area contributed by atoms with Gasteiger partial charge < -0.3 is 15.0 Å². The number of hydrogen-bond acceptors (Lipinski definition) is 3. The van der Waals surface area contributed by atoms with Gasteiger partial charge >= 0.3 is 12.0 Å². The van der Waals surface area contributed by atoms with Gasteiger partial charge in [-0.15, -0.1) is 0 Å². The number of urea groups is 1. The summed E-state index contributed by atoms with van der Waals surface area (Å²) in [5.41, 5.74) is 0.991. The summed E-state index contributed by atoms with van der Waals surface area (Å²) in [4.78, 5) is 26.0. The molecule has 5 heteroatoms. The molecule has 120 valence electrons. The highest BCUT2D eigenvalue weighted by molar-refractivity contribution is 5.83. The number of esters is 1. The van der Waals surface area contributed by atoms with E-state index in [1.54, 1.807) is 4.90 Å². The van der Waals surface area contributed by atoms with E-state index in [1.165, 1.54) is 7.11 Å². The summed E-state index contributed by atoms with van der Waals surface area (Å²) in [6.07, 6.45) is 2.45. The molecule has 1 saturated heterocycles. The van der Waals surface area contributed by atoms with E-state index in [9.17, 15) is 9.59 Å². The molecule has 0 unspecified atom stereocenters. The van der Waals surface area contributed by atoms with E-state index in [2.05, 4.69) is 12.2 Å². The highest BCUT2D eigenvalue weighted by atomic mass is 16.5. The molecule has 0 aromatic heterocycles. The number of methoxy groups -OCH3 is 1. The Labute approximate surface area is 131 Å². The van der Waals surface area contributed by atoms with Gasteiger partial charge in [-0.25, -0.2) is 9.59 Å². The van der Waals surface area contributed by atoms with Crippen molar-refractivity contribution in [1.82, 2.24) is 10.2 Å². The number of benzene rings is 1. The van der Waals surface area contributed by atoms with Crippen LogP contribution >= 0.6 is 0 Å². The largest absolute Gasteiger partial charge is 0.467 e. The minimum absolute atomic E-state index is 0.182. The van der Waals surface area contributed by atoms with E-state index in [4.69, 9.17) is 4.74 Å². The number of amides is 2. The van der Waals surface area contributed by atoms with Crippen molar-refractivity contribution >= 4 is 12.0 Å². The highest BCUT2D eigenvalue weighted by Crippen LogP contribution is 2.16. The van der Waals surface area contributed by atoms with E-state index in [0.29, 0.717) is 12.3 Å². The molecule has 1 aromatic rings. The van der Waals surface area contributed by atoms with Crippen molar-refractivity contribution < 1.29 is 14.3 Å². The molecule has 2 rings (SSSR count). The molecule has 22 heavy (non-hydrogen) atoms. The second kappa shape index (κ2) is 7.82. The average molecular weight is 304 g/mol. The molecule has 1 aliphatic rings. The number of piperidine rings is 1. The first-order chi connectivity index (χ1) is 10.6. The van der Waals surface area contributed by atoms with Crippen molar-refractivity contribution in [2.45, 2.75) is 32.2 Å². The number of carbonyl (C=O) groups is 2. The number of carbonyl (C=O) groups excluding carboxylic acids is 2. The Bertz CT molecular complexity index is 496. The maximum Gasteiger partial charge on any atom is 0.328 e. The van der Waals surface area contributed by atoms with E-state index in [0.717, 1.165) is 31.5 Å². The van der Waals surface area contributed by atoms with Crippen molar-refractivity contribution in [3.05, 3.63) is 35.9 Å². The molecule has 2 amide bonds. The normalized spacial score (nSPS) is 16.9. The van der Waals surface area contributed by atoms with Crippen LogP contribution in [-0.2, 0) is 16.0 Å². The molecule has 0 saturated carbocycles. The zero-order valence-corrected chi connectivity index (χ0v) is 13.2. The van der Waals surface area contributed by atoms with Gasteiger partial charge in [0.2, 0.25) is 0 Å². The Balaban J connectivity index is 1.97. The number of nitrogens with one attached hydrogen (secondary N) is 1. The molecule has 0 bridgehead atoms. The summed E-state index contributed by atoms with van der Waals surface area (Å²) in [6, 6.07) is 8.78.